The number of H-pyrrole nitrogens is 1. The maximum Gasteiger partial charge on any atom is 0.190 e. The maximum atomic E-state index is 4.34. The molecule has 0 radical (unpaired) electrons. The van der Waals surface area contributed by atoms with Crippen LogP contribution in [0.25, 0.3) is 16.6 Å². The molecule has 0 saturated heterocycles. The summed E-state index contributed by atoms with van der Waals surface area (Å²) in [4.78, 5) is 7.73. The molecule has 3 N–H and O–H groups in total. The van der Waals surface area contributed by atoms with Crippen LogP contribution in [0, 0.1) is 6.92 Å². The Balaban J connectivity index is 0.00000272. The third kappa shape index (κ3) is 5.66. The van der Waals surface area contributed by atoms with E-state index in [0.29, 0.717) is 0 Å². The van der Waals surface area contributed by atoms with Crippen molar-refractivity contribution in [1.82, 2.24) is 25.4 Å². The number of rotatable bonds is 7. The number of aryl methyl sites for hydroxylation is 1. The minimum Gasteiger partial charge on any atom is -0.361 e. The summed E-state index contributed by atoms with van der Waals surface area (Å²) in [6.07, 6.45) is 7.73. The summed E-state index contributed by atoms with van der Waals surface area (Å²) in [7, 11) is 1.81. The number of aliphatic imine (C=N–C) groups is 1. The fraction of sp³-hybridized carbons (Fsp3) is 0.250. The molecule has 2 aromatic heterocycles. The first-order chi connectivity index (χ1) is 14.7. The lowest BCUT2D eigenvalue weighted by Crippen LogP contribution is -2.39. The Morgan fingerprint density at radius 2 is 1.81 bits per heavy atom. The predicted molar refractivity (Wildman–Crippen MR) is 139 cm³/mol. The number of aromatic nitrogens is 3. The number of nitrogens with one attached hydrogen (secondary N) is 3. The molecule has 2 aromatic carbocycles. The van der Waals surface area contributed by atoms with Crippen LogP contribution in [-0.2, 0) is 12.8 Å². The van der Waals surface area contributed by atoms with E-state index in [4.69, 9.17) is 0 Å². The minimum atomic E-state index is 0. The number of hydrogen-bond donors (Lipinski definition) is 3. The van der Waals surface area contributed by atoms with Crippen LogP contribution in [0.3, 0.4) is 0 Å². The number of nitrogens with zero attached hydrogens (tertiary/aromatic N) is 3. The van der Waals surface area contributed by atoms with Gasteiger partial charge in [0.05, 0.1) is 5.69 Å². The molecule has 7 heteroatoms. The van der Waals surface area contributed by atoms with E-state index in [1.165, 1.54) is 27.6 Å². The van der Waals surface area contributed by atoms with Gasteiger partial charge in [0.15, 0.2) is 5.96 Å². The molecule has 0 fully saturated rings. The molecule has 31 heavy (non-hydrogen) atoms. The highest BCUT2D eigenvalue weighted by Crippen LogP contribution is 2.21. The van der Waals surface area contributed by atoms with E-state index in [2.05, 4.69) is 81.3 Å². The molecule has 6 nitrogen and oxygen atoms in total. The molecule has 0 bridgehead atoms. The van der Waals surface area contributed by atoms with E-state index < -0.39 is 0 Å². The molecular weight excluding hydrogens is 499 g/mol. The monoisotopic (exact) mass is 528 g/mol. The number of guanidine groups is 1. The maximum absolute atomic E-state index is 4.34. The van der Waals surface area contributed by atoms with E-state index in [0.717, 1.165) is 37.6 Å². The standard InChI is InChI=1S/C24H28N6.HI/c1-18-5-3-6-22-20(17-28-23(18)22)12-15-27-24(25-2)26-14-11-19-7-9-21(10-8-19)30-16-4-13-29-30;/h3-10,13,16-17,28H,11-12,14-15H2,1-2H3,(H2,25,26,27);1H. The zero-order valence-corrected chi connectivity index (χ0v) is 20.3. The van der Waals surface area contributed by atoms with Gasteiger partial charge in [-0.25, -0.2) is 4.68 Å². The molecular formula is C24H29IN6. The zero-order chi connectivity index (χ0) is 20.8. The number of hydrogen-bond acceptors (Lipinski definition) is 2. The Bertz CT molecular complexity index is 1110. The number of fused-ring (bicyclic) bond motifs is 1. The first-order valence-electron chi connectivity index (χ1n) is 10.3. The van der Waals surface area contributed by atoms with Crippen molar-refractivity contribution in [3.05, 3.63) is 83.8 Å². The first kappa shape index (κ1) is 22.9. The van der Waals surface area contributed by atoms with Gasteiger partial charge in [-0.05, 0) is 54.7 Å². The van der Waals surface area contributed by atoms with Gasteiger partial charge in [0.1, 0.15) is 0 Å². The fourth-order valence-corrected chi connectivity index (χ4v) is 3.67. The van der Waals surface area contributed by atoms with Gasteiger partial charge in [0.2, 0.25) is 0 Å². The second-order valence-electron chi connectivity index (χ2n) is 7.35. The smallest absolute Gasteiger partial charge is 0.190 e. The van der Waals surface area contributed by atoms with Crippen molar-refractivity contribution < 1.29 is 0 Å². The van der Waals surface area contributed by atoms with Crippen molar-refractivity contribution in [2.75, 3.05) is 20.1 Å². The zero-order valence-electron chi connectivity index (χ0n) is 17.9. The molecule has 0 atom stereocenters. The largest absolute Gasteiger partial charge is 0.361 e. The van der Waals surface area contributed by atoms with Crippen LogP contribution in [0.1, 0.15) is 16.7 Å². The van der Waals surface area contributed by atoms with E-state index in [9.17, 15) is 0 Å². The third-order valence-corrected chi connectivity index (χ3v) is 5.33. The van der Waals surface area contributed by atoms with Crippen molar-refractivity contribution >= 4 is 40.8 Å². The molecule has 4 rings (SSSR count). The van der Waals surface area contributed by atoms with Crippen LogP contribution in [0.2, 0.25) is 0 Å². The lowest BCUT2D eigenvalue weighted by Gasteiger charge is -2.12. The average Bonchev–Trinajstić information content (AvgIpc) is 3.44. The first-order valence-corrected chi connectivity index (χ1v) is 10.3. The molecule has 0 aliphatic heterocycles. The molecule has 0 saturated carbocycles. The SMILES string of the molecule is CN=C(NCCc1ccc(-n2cccn2)cc1)NCCc1c[nH]c2c(C)cccc12.I. The van der Waals surface area contributed by atoms with E-state index in [1.54, 1.807) is 6.20 Å². The Labute approximate surface area is 200 Å². The van der Waals surface area contributed by atoms with Crippen LogP contribution in [-0.4, -0.2) is 40.9 Å². The molecule has 4 aromatic rings. The van der Waals surface area contributed by atoms with Gasteiger partial charge in [0, 0.05) is 49.6 Å². The van der Waals surface area contributed by atoms with Crippen LogP contribution in [0.4, 0.5) is 0 Å². The Morgan fingerprint density at radius 1 is 1.03 bits per heavy atom. The number of para-hydroxylation sites is 1. The quantitative estimate of drug-likeness (QED) is 0.191. The van der Waals surface area contributed by atoms with Gasteiger partial charge >= 0.3 is 0 Å². The summed E-state index contributed by atoms with van der Waals surface area (Å²) in [5.74, 6) is 0.833. The second-order valence-corrected chi connectivity index (χ2v) is 7.35. The number of benzene rings is 2. The molecule has 0 amide bonds. The highest BCUT2D eigenvalue weighted by molar-refractivity contribution is 14.0. The summed E-state index contributed by atoms with van der Waals surface area (Å²) in [6.45, 7) is 3.80. The average molecular weight is 528 g/mol. The van der Waals surface area contributed by atoms with E-state index in [1.807, 2.05) is 24.0 Å². The van der Waals surface area contributed by atoms with Crippen molar-refractivity contribution in [3.63, 3.8) is 0 Å². The van der Waals surface area contributed by atoms with Crippen molar-refractivity contribution in [1.29, 1.82) is 0 Å². The topological polar surface area (TPSA) is 70.0 Å². The molecule has 0 spiro atoms. The van der Waals surface area contributed by atoms with Gasteiger partial charge in [-0.3, -0.25) is 4.99 Å². The van der Waals surface area contributed by atoms with Crippen LogP contribution in [0.15, 0.2) is 72.1 Å². The van der Waals surface area contributed by atoms with Crippen LogP contribution in [0.5, 0.6) is 0 Å². The summed E-state index contributed by atoms with van der Waals surface area (Å²) >= 11 is 0. The van der Waals surface area contributed by atoms with Crippen LogP contribution >= 0.6 is 24.0 Å². The molecule has 162 valence electrons. The molecule has 0 unspecified atom stereocenters. The van der Waals surface area contributed by atoms with Gasteiger partial charge in [-0.2, -0.15) is 5.10 Å². The highest BCUT2D eigenvalue weighted by Gasteiger charge is 2.06. The van der Waals surface area contributed by atoms with Gasteiger partial charge < -0.3 is 15.6 Å². The Morgan fingerprint density at radius 3 is 2.52 bits per heavy atom. The molecule has 0 aliphatic carbocycles. The van der Waals surface area contributed by atoms with Gasteiger partial charge in [0.25, 0.3) is 0 Å². The Hall–Kier alpha value is -2.81. The third-order valence-electron chi connectivity index (χ3n) is 5.33. The van der Waals surface area contributed by atoms with E-state index in [-0.39, 0.29) is 24.0 Å². The van der Waals surface area contributed by atoms with E-state index >= 15 is 0 Å². The summed E-state index contributed by atoms with van der Waals surface area (Å²) in [6, 6.07) is 16.8. The summed E-state index contributed by atoms with van der Waals surface area (Å²) in [5, 5.41) is 12.4. The second kappa shape index (κ2) is 11.0. The molecule has 2 heterocycles. The Kier molecular flexibility index (Phi) is 8.11. The minimum absolute atomic E-state index is 0. The number of halogens is 1. The molecule has 0 aliphatic rings. The van der Waals surface area contributed by atoms with Gasteiger partial charge in [-0.15, -0.1) is 24.0 Å². The lowest BCUT2D eigenvalue weighted by atomic mass is 10.1. The van der Waals surface area contributed by atoms with Crippen molar-refractivity contribution in [3.8, 4) is 5.69 Å². The summed E-state index contributed by atoms with van der Waals surface area (Å²) in [5.41, 5.74) is 6.19. The number of aromatic amines is 1. The van der Waals surface area contributed by atoms with Gasteiger partial charge in [-0.1, -0.05) is 30.3 Å². The highest BCUT2D eigenvalue weighted by atomic mass is 127. The lowest BCUT2D eigenvalue weighted by molar-refractivity contribution is 0.785. The van der Waals surface area contributed by atoms with Crippen molar-refractivity contribution in [2.45, 2.75) is 19.8 Å². The van der Waals surface area contributed by atoms with Crippen molar-refractivity contribution in [2.24, 2.45) is 4.99 Å². The summed E-state index contributed by atoms with van der Waals surface area (Å²) < 4.78 is 1.86. The normalized spacial score (nSPS) is 11.4. The fourth-order valence-electron chi connectivity index (χ4n) is 3.67. The predicted octanol–water partition coefficient (Wildman–Crippen LogP) is 4.23. The van der Waals surface area contributed by atoms with Crippen LogP contribution < -0.4 is 10.6 Å².